The van der Waals surface area contributed by atoms with Crippen LogP contribution in [-0.4, -0.2) is 87.6 Å². The van der Waals surface area contributed by atoms with Crippen LogP contribution in [0.3, 0.4) is 0 Å². The van der Waals surface area contributed by atoms with Gasteiger partial charge in [0, 0.05) is 0 Å². The minimum absolute atomic E-state index is 0. The van der Waals surface area contributed by atoms with E-state index in [1.165, 1.54) is 0 Å². The molecule has 7 N–H and O–H groups in total. The van der Waals surface area contributed by atoms with Gasteiger partial charge in [-0.3, -0.25) is 0 Å². The van der Waals surface area contributed by atoms with Crippen molar-refractivity contribution in [3.63, 3.8) is 0 Å². The molecule has 0 saturated carbocycles. The summed E-state index contributed by atoms with van der Waals surface area (Å²) in [6.45, 7) is 0. The van der Waals surface area contributed by atoms with Gasteiger partial charge in [-0.1, -0.05) is 0 Å². The zero-order chi connectivity index (χ0) is 9.00. The molecular formula is H8O8PRbTi. The normalized spacial score (nSPS) is 10.8. The van der Waals surface area contributed by atoms with Crippen LogP contribution in [0.5, 0.6) is 0 Å². The Morgan fingerprint density at radius 3 is 0.909 bits per heavy atom. The van der Waals surface area contributed by atoms with Crippen LogP contribution in [0.2, 0.25) is 0 Å². The van der Waals surface area contributed by atoms with Gasteiger partial charge in [-0.25, -0.2) is 4.57 Å². The van der Waals surface area contributed by atoms with Gasteiger partial charge in [0.05, 0.1) is 0 Å². The van der Waals surface area contributed by atoms with Gasteiger partial charge in [0.1, 0.15) is 0 Å². The second kappa shape index (κ2) is 7.83. The molecule has 0 radical (unpaired) electrons. The van der Waals surface area contributed by atoms with Crippen LogP contribution in [0.25, 0.3) is 0 Å². The van der Waals surface area contributed by atoms with E-state index in [9.17, 15) is 0 Å². The van der Waals surface area contributed by atoms with Crippen molar-refractivity contribution in [1.82, 2.24) is 0 Å². The summed E-state index contributed by atoms with van der Waals surface area (Å²) in [5.41, 5.74) is 0. The van der Waals surface area contributed by atoms with Crippen LogP contribution < -0.4 is 0 Å². The Morgan fingerprint density at radius 2 is 0.909 bits per heavy atom. The van der Waals surface area contributed by atoms with E-state index < -0.39 is 26.0 Å². The molecule has 8 nitrogen and oxygen atoms in total. The Labute approximate surface area is 116 Å². The molecule has 0 aromatic rings. The van der Waals surface area contributed by atoms with E-state index in [1.807, 2.05) is 0 Å². The Morgan fingerprint density at radius 1 is 0.909 bits per heavy atom. The molecule has 0 aromatic heterocycles. The molecule has 0 bridgehead atoms. The molecule has 0 unspecified atom stereocenters. The van der Waals surface area contributed by atoms with Crippen molar-refractivity contribution in [3.8, 4) is 0 Å². The molecule has 11 heavy (non-hydrogen) atoms. The van der Waals surface area contributed by atoms with E-state index in [1.54, 1.807) is 0 Å². The zero-order valence-corrected chi connectivity index (χ0v) is 6.94. The second-order valence-electron chi connectivity index (χ2n) is 1.11. The maximum absolute atomic E-state index is 8.88. The summed E-state index contributed by atoms with van der Waals surface area (Å²) in [5, 5.41) is 0. The van der Waals surface area contributed by atoms with E-state index in [-0.39, 0.29) is 58.2 Å². The van der Waals surface area contributed by atoms with E-state index in [2.05, 4.69) is 0 Å². The molecule has 0 heterocycles. The Hall–Kier alpha value is 2.47. The number of hydrogen-bond donors (Lipinski definition) is 7. The van der Waals surface area contributed by atoms with Gasteiger partial charge in [-0.2, -0.15) is 0 Å². The summed E-state index contributed by atoms with van der Waals surface area (Å²) in [4.78, 5) is 21.6. The van der Waals surface area contributed by atoms with Gasteiger partial charge in [-0.15, -0.1) is 0 Å². The predicted molar refractivity (Wildman–Crippen MR) is 30.3 cm³/mol. The third kappa shape index (κ3) is 224. The molecule has 0 aliphatic heterocycles. The molecule has 0 amide bonds. The van der Waals surface area contributed by atoms with E-state index in [0.29, 0.717) is 0 Å². The molecule has 0 aliphatic rings. The Balaban J connectivity index is -0.000000107. The Bertz CT molecular complexity index is 106. The first-order valence-electron chi connectivity index (χ1n) is 1.68. The molecular weight excluding hydrogens is 292 g/mol. The molecule has 0 saturated heterocycles. The molecule has 0 aliphatic carbocycles. The average molecular weight is 300 g/mol. The molecule has 0 rings (SSSR count). The minimum atomic E-state index is -5.00. The zero-order valence-electron chi connectivity index (χ0n) is 4.49. The summed E-state index contributed by atoms with van der Waals surface area (Å²) in [7, 11) is -4.64. The van der Waals surface area contributed by atoms with Crippen LogP contribution in [0, 0.1) is 0 Å². The summed E-state index contributed by atoms with van der Waals surface area (Å²) >= 11 is -5.00. The summed E-state index contributed by atoms with van der Waals surface area (Å²) in [6.07, 6.45) is 0. The van der Waals surface area contributed by atoms with Gasteiger partial charge in [0.25, 0.3) is 0 Å². The van der Waals surface area contributed by atoms with Crippen LogP contribution in [0.4, 0.5) is 0 Å². The van der Waals surface area contributed by atoms with Gasteiger partial charge in [0.15, 0.2) is 0 Å². The van der Waals surface area contributed by atoms with Crippen LogP contribution in [0.15, 0.2) is 0 Å². The predicted octanol–water partition coefficient (Wildman–Crippen LogP) is -3.81. The maximum atomic E-state index is 8.88. The van der Waals surface area contributed by atoms with Gasteiger partial charge in [0.2, 0.25) is 0 Å². The number of rotatable bonds is 0. The number of phosphoric acid groups is 1. The van der Waals surface area contributed by atoms with Crippen LogP contribution >= 0.6 is 7.82 Å². The first kappa shape index (κ1) is 19.1. The summed E-state index contributed by atoms with van der Waals surface area (Å²) in [5.74, 6) is 0. The molecule has 0 aromatic carbocycles. The van der Waals surface area contributed by atoms with E-state index >= 15 is 0 Å². The number of hydrogen-bond acceptors (Lipinski definition) is 5. The molecule has 11 heteroatoms. The van der Waals surface area contributed by atoms with Crippen molar-refractivity contribution in [3.05, 3.63) is 0 Å². The quantitative estimate of drug-likeness (QED) is 0.177. The average Bonchev–Trinajstić information content (AvgIpc) is 1.12. The molecule has 0 fully saturated rings. The van der Waals surface area contributed by atoms with Crippen molar-refractivity contribution < 1.29 is 52.1 Å². The second-order valence-corrected chi connectivity index (χ2v) is 4.01. The molecule has 0 spiro atoms. The first-order chi connectivity index (χ1) is 4.00. The van der Waals surface area contributed by atoms with Gasteiger partial charge >= 0.3 is 98.9 Å². The van der Waals surface area contributed by atoms with Crippen molar-refractivity contribution >= 4 is 66.0 Å². The topological polar surface area (TPSA) is 159 Å². The summed E-state index contributed by atoms with van der Waals surface area (Å²) < 4.78 is 38.4. The Kier molecular flexibility index (Phi) is 13.6. The van der Waals surface area contributed by atoms with E-state index in [0.717, 1.165) is 0 Å². The van der Waals surface area contributed by atoms with Crippen LogP contribution in [-0.2, 0) is 22.7 Å². The van der Waals surface area contributed by atoms with Crippen molar-refractivity contribution in [2.75, 3.05) is 0 Å². The molecule has 66 valence electrons. The van der Waals surface area contributed by atoms with Crippen molar-refractivity contribution in [2.24, 2.45) is 0 Å². The van der Waals surface area contributed by atoms with Crippen LogP contribution in [0.1, 0.15) is 0 Å². The summed E-state index contributed by atoms with van der Waals surface area (Å²) in [6, 6.07) is 0. The van der Waals surface area contributed by atoms with Gasteiger partial charge < -0.3 is 14.7 Å². The molecule has 0 atom stereocenters. The monoisotopic (exact) mass is 300 g/mol. The van der Waals surface area contributed by atoms with E-state index in [4.69, 9.17) is 34.0 Å². The van der Waals surface area contributed by atoms with Gasteiger partial charge in [-0.05, 0) is 0 Å². The third-order valence-corrected chi connectivity index (χ3v) is 0. The van der Waals surface area contributed by atoms with Crippen molar-refractivity contribution in [2.45, 2.75) is 0 Å². The first-order valence-corrected chi connectivity index (χ1v) is 6.04. The van der Waals surface area contributed by atoms with Crippen molar-refractivity contribution in [1.29, 1.82) is 0 Å². The fraction of sp³-hybridized carbons (Fsp3) is 0. The third-order valence-electron chi connectivity index (χ3n) is 0. The SMILES string of the molecule is O=P(O)(O)O.[OH][Ti]([OH])([OH])[OH].[RbH]. The fourth-order valence-corrected chi connectivity index (χ4v) is 0. The standard InChI is InChI=1S/H3O4P.4H2O.Rb.Ti.H/c1-5(2,3)4;;;;;;;/h(H3,1,2,3,4);4*1H2;;;/q;;;;;;+4;/p-4. The fourth-order valence-electron chi connectivity index (χ4n) is 0.